The fourth-order valence-electron chi connectivity index (χ4n) is 2.79. The van der Waals surface area contributed by atoms with Gasteiger partial charge in [-0.15, -0.1) is 0 Å². The lowest BCUT2D eigenvalue weighted by atomic mass is 9.67. The van der Waals surface area contributed by atoms with E-state index < -0.39 is 11.2 Å². The minimum absolute atomic E-state index is 0.185. The second-order valence-electron chi connectivity index (χ2n) is 6.20. The number of carbonyl (C=O) groups excluding carboxylic acids is 1. The lowest BCUT2D eigenvalue weighted by molar-refractivity contribution is -0.108. The van der Waals surface area contributed by atoms with Gasteiger partial charge in [0.15, 0.2) is 0 Å². The van der Waals surface area contributed by atoms with Crippen molar-refractivity contribution in [3.05, 3.63) is 0 Å². The summed E-state index contributed by atoms with van der Waals surface area (Å²) in [4.78, 5) is 13.7. The van der Waals surface area contributed by atoms with Crippen molar-refractivity contribution in [1.29, 1.82) is 0 Å². The molecule has 16 heavy (non-hydrogen) atoms. The molecule has 1 saturated carbocycles. The maximum absolute atomic E-state index is 11.9. The van der Waals surface area contributed by atoms with Crippen LogP contribution in [0.25, 0.3) is 0 Å². The molecule has 2 rings (SSSR count). The molecule has 4 heteroatoms. The average molecular weight is 227 g/mol. The van der Waals surface area contributed by atoms with Crippen LogP contribution in [0.1, 0.15) is 40.5 Å². The molecule has 1 aliphatic carbocycles. The van der Waals surface area contributed by atoms with Crippen molar-refractivity contribution in [2.45, 2.75) is 57.8 Å². The quantitative estimate of drug-likeness (QED) is 0.686. The lowest BCUT2D eigenvalue weighted by Gasteiger charge is -2.48. The van der Waals surface area contributed by atoms with Crippen LogP contribution in [-0.4, -0.2) is 39.9 Å². The monoisotopic (exact) mass is 227 g/mol. The van der Waals surface area contributed by atoms with Crippen LogP contribution in [-0.2, 0) is 4.74 Å². The van der Waals surface area contributed by atoms with Crippen LogP contribution in [0.15, 0.2) is 0 Å². The highest BCUT2D eigenvalue weighted by molar-refractivity contribution is 5.69. The third kappa shape index (κ3) is 1.90. The van der Waals surface area contributed by atoms with E-state index in [9.17, 15) is 9.90 Å². The highest BCUT2D eigenvalue weighted by Crippen LogP contribution is 2.48. The van der Waals surface area contributed by atoms with Gasteiger partial charge in [0, 0.05) is 18.5 Å². The second kappa shape index (κ2) is 3.36. The third-order valence-electron chi connectivity index (χ3n) is 3.60. The fraction of sp³-hybridized carbons (Fsp3) is 0.917. The first-order valence-electron chi connectivity index (χ1n) is 5.93. The van der Waals surface area contributed by atoms with E-state index in [1.807, 2.05) is 27.7 Å². The zero-order valence-electron chi connectivity index (χ0n) is 10.5. The van der Waals surface area contributed by atoms with Gasteiger partial charge in [-0.1, -0.05) is 0 Å². The van der Waals surface area contributed by atoms with Crippen LogP contribution in [0.2, 0.25) is 0 Å². The van der Waals surface area contributed by atoms with Gasteiger partial charge < -0.3 is 14.7 Å². The Kier molecular flexibility index (Phi) is 2.46. The summed E-state index contributed by atoms with van der Waals surface area (Å²) in [6.07, 6.45) is 1.32. The van der Waals surface area contributed by atoms with E-state index in [2.05, 4.69) is 0 Å². The summed E-state index contributed by atoms with van der Waals surface area (Å²) < 4.78 is 5.35. The van der Waals surface area contributed by atoms with Gasteiger partial charge in [0.2, 0.25) is 0 Å². The first-order chi connectivity index (χ1) is 7.21. The Morgan fingerprint density at radius 1 is 1.50 bits per heavy atom. The van der Waals surface area contributed by atoms with Gasteiger partial charge in [-0.05, 0) is 40.5 Å². The number of hydrogen-bond donors (Lipinski definition) is 1. The molecule has 0 aromatic heterocycles. The van der Waals surface area contributed by atoms with Gasteiger partial charge >= 0.3 is 6.09 Å². The van der Waals surface area contributed by atoms with Crippen molar-refractivity contribution < 1.29 is 14.6 Å². The van der Waals surface area contributed by atoms with Crippen LogP contribution in [0.5, 0.6) is 0 Å². The molecule has 2 fully saturated rings. The molecule has 4 nitrogen and oxygen atoms in total. The van der Waals surface area contributed by atoms with E-state index in [1.165, 1.54) is 0 Å². The van der Waals surface area contributed by atoms with Gasteiger partial charge in [-0.2, -0.15) is 0 Å². The highest BCUT2D eigenvalue weighted by atomic mass is 16.6. The minimum Gasteiger partial charge on any atom is -0.444 e. The molecule has 3 atom stereocenters. The molecule has 92 valence electrons. The minimum atomic E-state index is -0.582. The Morgan fingerprint density at radius 2 is 2.12 bits per heavy atom. The van der Waals surface area contributed by atoms with Crippen molar-refractivity contribution >= 4 is 6.09 Å². The molecule has 2 aliphatic rings. The molecular weight excluding hydrogens is 206 g/mol. The Balaban J connectivity index is 1.96. The fourth-order valence-corrected chi connectivity index (χ4v) is 2.79. The molecule has 0 bridgehead atoms. The zero-order valence-corrected chi connectivity index (χ0v) is 10.5. The largest absolute Gasteiger partial charge is 0.444 e. The number of amides is 1. The maximum atomic E-state index is 11.9. The summed E-state index contributed by atoms with van der Waals surface area (Å²) >= 11 is 0. The van der Waals surface area contributed by atoms with Gasteiger partial charge in [-0.25, -0.2) is 4.79 Å². The SMILES string of the molecule is CC(C)(C)OC(=O)N1CCC2C1CC2(C)O. The molecule has 1 saturated heterocycles. The number of hydrogen-bond acceptors (Lipinski definition) is 3. The van der Waals surface area contributed by atoms with Crippen LogP contribution < -0.4 is 0 Å². The van der Waals surface area contributed by atoms with Crippen LogP contribution in [0.3, 0.4) is 0 Å². The number of likely N-dealkylation sites (tertiary alicyclic amines) is 1. The van der Waals surface area contributed by atoms with Crippen molar-refractivity contribution in [3.63, 3.8) is 0 Å². The molecule has 0 spiro atoms. The van der Waals surface area contributed by atoms with E-state index in [4.69, 9.17) is 4.74 Å². The van der Waals surface area contributed by atoms with Crippen LogP contribution in [0, 0.1) is 5.92 Å². The Hall–Kier alpha value is -0.770. The highest BCUT2D eigenvalue weighted by Gasteiger charge is 2.56. The van der Waals surface area contributed by atoms with E-state index in [0.29, 0.717) is 13.0 Å². The molecule has 0 radical (unpaired) electrons. The topological polar surface area (TPSA) is 49.8 Å². The molecule has 3 unspecified atom stereocenters. The van der Waals surface area contributed by atoms with Crippen molar-refractivity contribution in [3.8, 4) is 0 Å². The lowest BCUT2D eigenvalue weighted by Crippen LogP contribution is -2.58. The second-order valence-corrected chi connectivity index (χ2v) is 6.20. The van der Waals surface area contributed by atoms with Gasteiger partial charge in [0.1, 0.15) is 5.60 Å². The van der Waals surface area contributed by atoms with E-state index in [0.717, 1.165) is 6.42 Å². The van der Waals surface area contributed by atoms with E-state index >= 15 is 0 Å². The van der Waals surface area contributed by atoms with E-state index in [1.54, 1.807) is 4.90 Å². The van der Waals surface area contributed by atoms with Crippen LogP contribution in [0.4, 0.5) is 4.79 Å². The summed E-state index contributed by atoms with van der Waals surface area (Å²) in [5.41, 5.74) is -1.02. The first-order valence-corrected chi connectivity index (χ1v) is 5.93. The van der Waals surface area contributed by atoms with Gasteiger partial charge in [0.05, 0.1) is 5.60 Å². The Labute approximate surface area is 96.6 Å². The third-order valence-corrected chi connectivity index (χ3v) is 3.60. The summed E-state index contributed by atoms with van der Waals surface area (Å²) in [7, 11) is 0. The number of rotatable bonds is 0. The van der Waals surface area contributed by atoms with Gasteiger partial charge in [-0.3, -0.25) is 0 Å². The number of aliphatic hydroxyl groups is 1. The molecule has 1 amide bonds. The van der Waals surface area contributed by atoms with Gasteiger partial charge in [0.25, 0.3) is 0 Å². The summed E-state index contributed by atoms with van der Waals surface area (Å²) in [6.45, 7) is 8.17. The number of carbonyl (C=O) groups is 1. The molecule has 0 aromatic rings. The number of ether oxygens (including phenoxy) is 1. The van der Waals surface area contributed by atoms with Crippen molar-refractivity contribution in [2.75, 3.05) is 6.54 Å². The first kappa shape index (κ1) is 11.7. The maximum Gasteiger partial charge on any atom is 0.410 e. The molecule has 1 N–H and O–H groups in total. The normalized spacial score (nSPS) is 37.9. The summed E-state index contributed by atoms with van der Waals surface area (Å²) in [6, 6.07) is 0.185. The average Bonchev–Trinajstić information content (AvgIpc) is 2.40. The van der Waals surface area contributed by atoms with Crippen molar-refractivity contribution in [2.24, 2.45) is 5.92 Å². The van der Waals surface area contributed by atoms with E-state index in [-0.39, 0.29) is 18.1 Å². The number of nitrogens with zero attached hydrogens (tertiary/aromatic N) is 1. The molecule has 0 aromatic carbocycles. The smallest absolute Gasteiger partial charge is 0.410 e. The summed E-state index contributed by atoms with van der Waals surface area (Å²) in [5, 5.41) is 9.94. The molecule has 1 aliphatic heterocycles. The summed E-state index contributed by atoms with van der Waals surface area (Å²) in [5.74, 6) is 0.236. The Bertz CT molecular complexity index is 306. The standard InChI is InChI=1S/C12H21NO3/c1-11(2,3)16-10(14)13-6-5-8-9(13)7-12(8,4)15/h8-9,15H,5-7H2,1-4H3. The molecule has 1 heterocycles. The zero-order chi connectivity index (χ0) is 12.1. The van der Waals surface area contributed by atoms with Crippen LogP contribution >= 0.6 is 0 Å². The predicted octanol–water partition coefficient (Wildman–Crippen LogP) is 1.77. The van der Waals surface area contributed by atoms with Crippen molar-refractivity contribution in [1.82, 2.24) is 4.90 Å². The molecular formula is C12H21NO3. The Morgan fingerprint density at radius 3 is 2.56 bits per heavy atom. The predicted molar refractivity (Wildman–Crippen MR) is 60.1 cm³/mol. The number of fused-ring (bicyclic) bond motifs is 1.